The maximum atomic E-state index is 5.47. The number of aromatic nitrogens is 4. The van der Waals surface area contributed by atoms with Crippen LogP contribution in [0.3, 0.4) is 0 Å². The first-order valence-electron chi connectivity index (χ1n) is 20.0. The van der Waals surface area contributed by atoms with Gasteiger partial charge in [0.1, 0.15) is 0 Å². The van der Waals surface area contributed by atoms with Gasteiger partial charge in [-0.1, -0.05) is 152 Å². The Balaban J connectivity index is 1.04. The Morgan fingerprint density at radius 3 is 1.66 bits per heavy atom. The first-order chi connectivity index (χ1) is 29.2. The molecular weight excluding hydrogens is 717 g/mol. The van der Waals surface area contributed by atoms with E-state index < -0.39 is 0 Å². The fourth-order valence-electron chi connectivity index (χ4n) is 8.95. The van der Waals surface area contributed by atoms with Gasteiger partial charge < -0.3 is 4.57 Å². The van der Waals surface area contributed by atoms with Crippen LogP contribution in [0.1, 0.15) is 0 Å². The third-order valence-corrected chi connectivity index (χ3v) is 11.7. The summed E-state index contributed by atoms with van der Waals surface area (Å²) in [4.78, 5) is 15.9. The maximum absolute atomic E-state index is 5.47. The summed E-state index contributed by atoms with van der Waals surface area (Å²) in [6.45, 7) is 0. The molecule has 0 saturated carbocycles. The second kappa shape index (κ2) is 13.3. The van der Waals surface area contributed by atoms with E-state index in [0.717, 1.165) is 94.2 Å². The zero-order valence-electron chi connectivity index (χ0n) is 31.9. The number of benzene rings is 8. The first kappa shape index (κ1) is 33.2. The van der Waals surface area contributed by atoms with Crippen LogP contribution in [-0.2, 0) is 0 Å². The zero-order chi connectivity index (χ0) is 38.9. The van der Waals surface area contributed by atoms with Gasteiger partial charge in [0.25, 0.3) is 0 Å². The lowest BCUT2D eigenvalue weighted by Gasteiger charge is -2.14. The summed E-state index contributed by atoms with van der Waals surface area (Å²) in [5.74, 6) is 0. The van der Waals surface area contributed by atoms with Crippen molar-refractivity contribution in [3.8, 4) is 50.6 Å². The lowest BCUT2D eigenvalue weighted by atomic mass is 9.94. The maximum Gasteiger partial charge on any atom is 0.0972 e. The van der Waals surface area contributed by atoms with Crippen LogP contribution in [-0.4, -0.2) is 19.5 Å². The first-order valence-corrected chi connectivity index (χ1v) is 20.0. The van der Waals surface area contributed by atoms with Gasteiger partial charge in [-0.2, -0.15) is 0 Å². The molecule has 0 radical (unpaired) electrons. The van der Waals surface area contributed by atoms with E-state index in [1.807, 2.05) is 6.07 Å². The number of nitrogens with zero attached hydrogens (tertiary/aromatic N) is 4. The van der Waals surface area contributed by atoms with Crippen molar-refractivity contribution in [2.45, 2.75) is 0 Å². The predicted molar refractivity (Wildman–Crippen MR) is 246 cm³/mol. The van der Waals surface area contributed by atoms with E-state index in [2.05, 4.69) is 205 Å². The normalized spacial score (nSPS) is 11.7. The van der Waals surface area contributed by atoms with Gasteiger partial charge in [0.2, 0.25) is 0 Å². The van der Waals surface area contributed by atoms with E-state index in [9.17, 15) is 0 Å². The largest absolute Gasteiger partial charge is 0.309 e. The van der Waals surface area contributed by atoms with Crippen LogP contribution >= 0.6 is 0 Å². The number of pyridine rings is 3. The molecule has 4 heteroatoms. The van der Waals surface area contributed by atoms with E-state index in [1.54, 1.807) is 0 Å². The molecule has 4 nitrogen and oxygen atoms in total. The van der Waals surface area contributed by atoms with Crippen molar-refractivity contribution >= 4 is 65.3 Å². The quantitative estimate of drug-likeness (QED) is 0.165. The Labute approximate surface area is 340 Å². The van der Waals surface area contributed by atoms with Gasteiger partial charge in [0, 0.05) is 54.7 Å². The number of rotatable bonds is 5. The molecule has 0 aliphatic rings. The Hall–Kier alpha value is -7.95. The molecular formula is C55H34N4. The Morgan fingerprint density at radius 2 is 0.915 bits per heavy atom. The van der Waals surface area contributed by atoms with Crippen molar-refractivity contribution in [3.63, 3.8) is 0 Å². The summed E-state index contributed by atoms with van der Waals surface area (Å²) >= 11 is 0. The van der Waals surface area contributed by atoms with Crippen LogP contribution in [0.5, 0.6) is 0 Å². The second-order valence-electron chi connectivity index (χ2n) is 15.2. The van der Waals surface area contributed by atoms with Crippen LogP contribution in [0.15, 0.2) is 206 Å². The number of hydrogen-bond donors (Lipinski definition) is 0. The third kappa shape index (κ3) is 5.42. The summed E-state index contributed by atoms with van der Waals surface area (Å²) in [5.41, 5.74) is 14.6. The summed E-state index contributed by atoms with van der Waals surface area (Å²) in [7, 11) is 0. The molecule has 12 aromatic rings. The minimum atomic E-state index is 0.903. The van der Waals surface area contributed by atoms with E-state index in [4.69, 9.17) is 15.0 Å². The van der Waals surface area contributed by atoms with Gasteiger partial charge >= 0.3 is 0 Å². The summed E-state index contributed by atoms with van der Waals surface area (Å²) < 4.78 is 2.38. The van der Waals surface area contributed by atoms with E-state index in [1.165, 1.54) is 21.7 Å². The van der Waals surface area contributed by atoms with Crippen molar-refractivity contribution < 1.29 is 0 Å². The molecule has 0 spiro atoms. The predicted octanol–water partition coefficient (Wildman–Crippen LogP) is 14.2. The monoisotopic (exact) mass is 750 g/mol. The smallest absolute Gasteiger partial charge is 0.0972 e. The summed E-state index contributed by atoms with van der Waals surface area (Å²) in [6.07, 6.45) is 0. The van der Waals surface area contributed by atoms with Crippen molar-refractivity contribution in [1.82, 2.24) is 19.5 Å². The third-order valence-electron chi connectivity index (χ3n) is 11.7. The highest BCUT2D eigenvalue weighted by Gasteiger charge is 2.20. The van der Waals surface area contributed by atoms with Gasteiger partial charge in [0.05, 0.1) is 44.7 Å². The number of hydrogen-bond acceptors (Lipinski definition) is 3. The molecule has 0 saturated heterocycles. The molecule has 4 aromatic heterocycles. The molecule has 0 N–H and O–H groups in total. The molecule has 0 amide bonds. The van der Waals surface area contributed by atoms with Crippen LogP contribution in [0, 0.1) is 0 Å². The van der Waals surface area contributed by atoms with Gasteiger partial charge in [0.15, 0.2) is 0 Å². The molecule has 0 aliphatic carbocycles. The molecule has 59 heavy (non-hydrogen) atoms. The number of fused-ring (bicyclic) bond motifs is 10. The lowest BCUT2D eigenvalue weighted by molar-refractivity contribution is 1.18. The fourth-order valence-corrected chi connectivity index (χ4v) is 8.95. The van der Waals surface area contributed by atoms with E-state index in [0.29, 0.717) is 0 Å². The Bertz CT molecular complexity index is 3590. The van der Waals surface area contributed by atoms with Gasteiger partial charge in [-0.15, -0.1) is 0 Å². The Morgan fingerprint density at radius 1 is 0.322 bits per heavy atom. The van der Waals surface area contributed by atoms with Crippen LogP contribution in [0.25, 0.3) is 116 Å². The average Bonchev–Trinajstić information content (AvgIpc) is 3.66. The minimum Gasteiger partial charge on any atom is -0.309 e. The van der Waals surface area contributed by atoms with Crippen molar-refractivity contribution in [2.75, 3.05) is 0 Å². The van der Waals surface area contributed by atoms with Crippen LogP contribution in [0.2, 0.25) is 0 Å². The molecule has 0 atom stereocenters. The Kier molecular flexibility index (Phi) is 7.50. The summed E-state index contributed by atoms with van der Waals surface area (Å²) in [6, 6.07) is 73.1. The van der Waals surface area contributed by atoms with Crippen molar-refractivity contribution in [2.24, 2.45) is 0 Å². The topological polar surface area (TPSA) is 43.6 Å². The SMILES string of the molecule is c1ccc(-c2ccc3ccc4ccc(-c5cccc(-c6ccc7nc(-c8ccccc8)c8c(ccc9c8c8ccccc8n9-c8ccccc8)c7c6)c5)nc4c3n2)cc1. The molecule has 12 rings (SSSR count). The van der Waals surface area contributed by atoms with Gasteiger partial charge in [-0.25, -0.2) is 15.0 Å². The molecule has 8 aromatic carbocycles. The molecule has 0 aliphatic heterocycles. The minimum absolute atomic E-state index is 0.903. The average molecular weight is 751 g/mol. The van der Waals surface area contributed by atoms with E-state index >= 15 is 0 Å². The van der Waals surface area contributed by atoms with Gasteiger partial charge in [-0.05, 0) is 71.1 Å². The molecule has 0 bridgehead atoms. The lowest BCUT2D eigenvalue weighted by Crippen LogP contribution is -1.94. The highest BCUT2D eigenvalue weighted by atomic mass is 15.0. The van der Waals surface area contributed by atoms with Crippen molar-refractivity contribution in [3.05, 3.63) is 206 Å². The molecule has 0 unspecified atom stereocenters. The van der Waals surface area contributed by atoms with Crippen molar-refractivity contribution in [1.29, 1.82) is 0 Å². The second-order valence-corrected chi connectivity index (χ2v) is 15.2. The van der Waals surface area contributed by atoms with E-state index in [-0.39, 0.29) is 0 Å². The standard InChI is InChI=1S/C55H34N4/c1-4-13-35(14-5-1)46-29-25-37-23-24-38-26-30-47(57-55(38)54(37)56-46)41-18-12-17-39(33-41)40-27-31-48-45(34-40)43-28-32-50-51(52(43)53(58-48)36-15-6-2-7-16-36)44-21-10-11-22-49(44)59(50)42-19-8-3-9-20-42/h1-34H. The number of para-hydroxylation sites is 2. The molecule has 0 fully saturated rings. The van der Waals surface area contributed by atoms with Gasteiger partial charge in [-0.3, -0.25) is 0 Å². The molecule has 4 heterocycles. The van der Waals surface area contributed by atoms with Crippen LogP contribution < -0.4 is 0 Å². The summed E-state index contributed by atoms with van der Waals surface area (Å²) in [5, 5.41) is 8.03. The van der Waals surface area contributed by atoms with Crippen LogP contribution in [0.4, 0.5) is 0 Å². The highest BCUT2D eigenvalue weighted by molar-refractivity contribution is 6.28. The molecule has 274 valence electrons. The highest BCUT2D eigenvalue weighted by Crippen LogP contribution is 2.43. The fraction of sp³-hybridized carbons (Fsp3) is 0. The zero-order valence-corrected chi connectivity index (χ0v) is 31.9.